The van der Waals surface area contributed by atoms with E-state index in [1.165, 1.54) is 0 Å². The van der Waals surface area contributed by atoms with Crippen molar-refractivity contribution in [1.82, 2.24) is 4.90 Å². The van der Waals surface area contributed by atoms with Crippen molar-refractivity contribution in [1.29, 1.82) is 0 Å². The maximum Gasteiger partial charge on any atom is 0.150 e. The molecular weight excluding hydrogens is 252 g/mol. The van der Waals surface area contributed by atoms with Crippen LogP contribution in [0.15, 0.2) is 0 Å². The van der Waals surface area contributed by atoms with E-state index in [0.717, 1.165) is 38.8 Å². The van der Waals surface area contributed by atoms with Crippen LogP contribution < -0.4 is 5.73 Å². The second kappa shape index (κ2) is 5.45. The highest BCUT2D eigenvalue weighted by molar-refractivity contribution is 7.91. The summed E-state index contributed by atoms with van der Waals surface area (Å²) in [6.07, 6.45) is 3.88. The predicted molar refractivity (Wildman–Crippen MR) is 71.1 cm³/mol. The molecule has 2 aliphatic rings. The molecule has 106 valence electrons. The van der Waals surface area contributed by atoms with Gasteiger partial charge in [0.15, 0.2) is 0 Å². The molecule has 0 amide bonds. The Hall–Kier alpha value is -0.170. The third-order valence-electron chi connectivity index (χ3n) is 4.37. The molecule has 3 N–H and O–H groups in total. The van der Waals surface area contributed by atoms with Gasteiger partial charge in [-0.15, -0.1) is 0 Å². The van der Waals surface area contributed by atoms with Crippen LogP contribution >= 0.6 is 0 Å². The monoisotopic (exact) mass is 276 g/mol. The highest BCUT2D eigenvalue weighted by Crippen LogP contribution is 2.25. The second-order valence-electron chi connectivity index (χ2n) is 5.70. The van der Waals surface area contributed by atoms with Crippen molar-refractivity contribution in [3.8, 4) is 0 Å². The van der Waals surface area contributed by atoms with Gasteiger partial charge in [0.25, 0.3) is 0 Å². The molecule has 0 spiro atoms. The van der Waals surface area contributed by atoms with E-state index in [1.54, 1.807) is 0 Å². The second-order valence-corrected chi connectivity index (χ2v) is 8.00. The fraction of sp³-hybridized carbons (Fsp3) is 1.00. The van der Waals surface area contributed by atoms with E-state index < -0.39 is 15.4 Å². The summed E-state index contributed by atoms with van der Waals surface area (Å²) in [5.74, 6) is 0.630. The van der Waals surface area contributed by atoms with E-state index in [4.69, 9.17) is 5.73 Å². The quantitative estimate of drug-likeness (QED) is 0.726. The van der Waals surface area contributed by atoms with E-state index in [9.17, 15) is 13.5 Å². The lowest BCUT2D eigenvalue weighted by Gasteiger charge is -2.33. The zero-order chi connectivity index (χ0) is 13.2. The highest BCUT2D eigenvalue weighted by Gasteiger charge is 2.33. The lowest BCUT2D eigenvalue weighted by molar-refractivity contribution is 0.0325. The van der Waals surface area contributed by atoms with Crippen LogP contribution in [0.4, 0.5) is 0 Å². The number of likely N-dealkylation sites (tertiary alicyclic amines) is 1. The van der Waals surface area contributed by atoms with E-state index in [1.807, 2.05) is 0 Å². The van der Waals surface area contributed by atoms with Gasteiger partial charge in [-0.05, 0) is 38.6 Å². The van der Waals surface area contributed by atoms with E-state index in [-0.39, 0.29) is 0 Å². The van der Waals surface area contributed by atoms with Crippen LogP contribution in [0.25, 0.3) is 0 Å². The number of aliphatic hydroxyl groups is 1. The Balaban J connectivity index is 1.91. The standard InChI is InChI=1S/C12H24N2O3S/c13-10-12(15)4-1-6-14(7-5-12)11-2-8-18(16,17)9-3-11/h11,15H,1-10,13H2. The molecule has 2 heterocycles. The lowest BCUT2D eigenvalue weighted by atomic mass is 9.95. The molecule has 0 aromatic heterocycles. The van der Waals surface area contributed by atoms with Crippen LogP contribution in [-0.4, -0.2) is 61.2 Å². The number of sulfone groups is 1. The normalized spacial score (nSPS) is 35.2. The molecule has 0 radical (unpaired) electrons. The fourth-order valence-electron chi connectivity index (χ4n) is 3.01. The topological polar surface area (TPSA) is 83.6 Å². The van der Waals surface area contributed by atoms with Crippen LogP contribution in [0.5, 0.6) is 0 Å². The average molecular weight is 276 g/mol. The summed E-state index contributed by atoms with van der Waals surface area (Å²) in [5.41, 5.74) is 4.91. The van der Waals surface area contributed by atoms with Gasteiger partial charge in [-0.25, -0.2) is 8.42 Å². The van der Waals surface area contributed by atoms with Crippen LogP contribution in [0, 0.1) is 0 Å². The maximum atomic E-state index is 11.4. The Morgan fingerprint density at radius 2 is 1.89 bits per heavy atom. The minimum atomic E-state index is -2.79. The third-order valence-corrected chi connectivity index (χ3v) is 6.09. The van der Waals surface area contributed by atoms with Crippen molar-refractivity contribution in [3.05, 3.63) is 0 Å². The summed E-state index contributed by atoms with van der Waals surface area (Å²) >= 11 is 0. The Kier molecular flexibility index (Phi) is 4.31. The molecule has 1 unspecified atom stereocenters. The molecule has 0 aliphatic carbocycles. The Morgan fingerprint density at radius 3 is 2.50 bits per heavy atom. The number of hydrogen-bond acceptors (Lipinski definition) is 5. The molecule has 6 heteroatoms. The fourth-order valence-corrected chi connectivity index (χ4v) is 4.48. The third kappa shape index (κ3) is 3.44. The molecule has 2 fully saturated rings. The molecule has 0 saturated carbocycles. The first-order chi connectivity index (χ1) is 8.44. The lowest BCUT2D eigenvalue weighted by Crippen LogP contribution is -2.43. The Morgan fingerprint density at radius 1 is 1.22 bits per heavy atom. The van der Waals surface area contributed by atoms with Gasteiger partial charge in [0, 0.05) is 19.1 Å². The van der Waals surface area contributed by atoms with Crippen molar-refractivity contribution in [3.63, 3.8) is 0 Å². The summed E-state index contributed by atoms with van der Waals surface area (Å²) in [6, 6.07) is 0.369. The van der Waals surface area contributed by atoms with Gasteiger partial charge >= 0.3 is 0 Å². The maximum absolute atomic E-state index is 11.4. The van der Waals surface area contributed by atoms with Gasteiger partial charge in [-0.1, -0.05) is 0 Å². The molecule has 2 rings (SSSR count). The van der Waals surface area contributed by atoms with Crippen LogP contribution in [0.2, 0.25) is 0 Å². The highest BCUT2D eigenvalue weighted by atomic mass is 32.2. The van der Waals surface area contributed by atoms with Crippen molar-refractivity contribution >= 4 is 9.84 Å². The van der Waals surface area contributed by atoms with Crippen LogP contribution in [0.1, 0.15) is 32.1 Å². The molecule has 2 saturated heterocycles. The van der Waals surface area contributed by atoms with Gasteiger partial charge in [-0.3, -0.25) is 0 Å². The number of nitrogens with zero attached hydrogens (tertiary/aromatic N) is 1. The SMILES string of the molecule is NCC1(O)CCCN(C2CCS(=O)(=O)CC2)CC1. The average Bonchev–Trinajstić information content (AvgIpc) is 2.53. The summed E-state index contributed by atoms with van der Waals surface area (Å²) < 4.78 is 22.8. The summed E-state index contributed by atoms with van der Waals surface area (Å²) in [6.45, 7) is 2.10. The zero-order valence-corrected chi connectivity index (χ0v) is 11.7. The predicted octanol–water partition coefficient (Wildman–Crippen LogP) is -0.261. The van der Waals surface area contributed by atoms with Crippen LogP contribution in [-0.2, 0) is 9.84 Å². The summed E-state index contributed by atoms with van der Waals surface area (Å²) in [4.78, 5) is 2.35. The van der Waals surface area contributed by atoms with E-state index in [2.05, 4.69) is 4.90 Å². The van der Waals surface area contributed by atoms with Gasteiger partial charge < -0.3 is 15.7 Å². The van der Waals surface area contributed by atoms with E-state index in [0.29, 0.717) is 30.5 Å². The van der Waals surface area contributed by atoms with Crippen molar-refractivity contribution < 1.29 is 13.5 Å². The minimum absolute atomic E-state index is 0.315. The first kappa shape index (κ1) is 14.2. The molecule has 5 nitrogen and oxygen atoms in total. The van der Waals surface area contributed by atoms with Crippen molar-refractivity contribution in [2.24, 2.45) is 5.73 Å². The first-order valence-electron chi connectivity index (χ1n) is 6.81. The van der Waals surface area contributed by atoms with Gasteiger partial charge in [-0.2, -0.15) is 0 Å². The molecule has 1 atom stereocenters. The smallest absolute Gasteiger partial charge is 0.150 e. The van der Waals surface area contributed by atoms with Crippen LogP contribution in [0.3, 0.4) is 0 Å². The van der Waals surface area contributed by atoms with Gasteiger partial charge in [0.1, 0.15) is 9.84 Å². The zero-order valence-electron chi connectivity index (χ0n) is 10.8. The first-order valence-corrected chi connectivity index (χ1v) is 8.63. The number of hydrogen-bond donors (Lipinski definition) is 2. The molecule has 0 aromatic carbocycles. The molecular formula is C12H24N2O3S. The summed E-state index contributed by atoms with van der Waals surface area (Å²) in [5, 5.41) is 10.2. The largest absolute Gasteiger partial charge is 0.389 e. The number of nitrogens with two attached hydrogens (primary N) is 1. The number of rotatable bonds is 2. The summed E-state index contributed by atoms with van der Waals surface area (Å²) in [7, 11) is -2.79. The molecule has 0 aromatic rings. The van der Waals surface area contributed by atoms with Crippen molar-refractivity contribution in [2.45, 2.75) is 43.7 Å². The van der Waals surface area contributed by atoms with Gasteiger partial charge in [0.2, 0.25) is 0 Å². The van der Waals surface area contributed by atoms with E-state index >= 15 is 0 Å². The Labute approximate surface area is 109 Å². The minimum Gasteiger partial charge on any atom is -0.389 e. The molecule has 18 heavy (non-hydrogen) atoms. The van der Waals surface area contributed by atoms with Gasteiger partial charge in [0.05, 0.1) is 17.1 Å². The Bertz CT molecular complexity index is 371. The van der Waals surface area contributed by atoms with Crippen molar-refractivity contribution in [2.75, 3.05) is 31.1 Å². The molecule has 2 aliphatic heterocycles. The molecule has 0 bridgehead atoms.